The molecule has 1 saturated carbocycles. The van der Waals surface area contributed by atoms with E-state index in [9.17, 15) is 4.79 Å². The van der Waals surface area contributed by atoms with Crippen molar-refractivity contribution in [3.8, 4) is 0 Å². The highest BCUT2D eigenvalue weighted by molar-refractivity contribution is 6.17. The number of hydrogen-bond donors (Lipinski definition) is 1. The molecule has 1 amide bonds. The van der Waals surface area contributed by atoms with E-state index < -0.39 is 0 Å². The second-order valence-electron chi connectivity index (χ2n) is 5.00. The van der Waals surface area contributed by atoms with E-state index >= 15 is 0 Å². The molecule has 94 valence electrons. The molecule has 0 heterocycles. The van der Waals surface area contributed by atoms with Crippen molar-refractivity contribution in [2.75, 3.05) is 12.4 Å². The molecule has 0 aliphatic heterocycles. The Hall–Kier alpha value is -0.240. The predicted molar refractivity (Wildman–Crippen MR) is 68.6 cm³/mol. The summed E-state index contributed by atoms with van der Waals surface area (Å²) in [5, 5.41) is 3.08. The minimum absolute atomic E-state index is 0.207. The van der Waals surface area contributed by atoms with Crippen molar-refractivity contribution in [2.45, 2.75) is 46.0 Å². The number of carbonyl (C=O) groups is 1. The van der Waals surface area contributed by atoms with Crippen molar-refractivity contribution in [1.82, 2.24) is 5.32 Å². The van der Waals surface area contributed by atoms with Gasteiger partial charge in [0.2, 0.25) is 5.91 Å². The second kappa shape index (κ2) is 7.16. The van der Waals surface area contributed by atoms with Gasteiger partial charge in [0.1, 0.15) is 0 Å². The van der Waals surface area contributed by atoms with Crippen molar-refractivity contribution in [2.24, 2.45) is 17.8 Å². The average molecular weight is 246 g/mol. The van der Waals surface area contributed by atoms with Crippen LogP contribution in [0, 0.1) is 17.8 Å². The van der Waals surface area contributed by atoms with Gasteiger partial charge in [0.15, 0.2) is 0 Å². The summed E-state index contributed by atoms with van der Waals surface area (Å²) in [6.45, 7) is 5.02. The van der Waals surface area contributed by atoms with Crippen molar-refractivity contribution in [3.05, 3.63) is 0 Å². The van der Waals surface area contributed by atoms with Crippen LogP contribution in [0.25, 0.3) is 0 Å². The minimum Gasteiger partial charge on any atom is -0.356 e. The molecule has 0 bridgehead atoms. The summed E-state index contributed by atoms with van der Waals surface area (Å²) in [6.07, 6.45) is 5.79. The quantitative estimate of drug-likeness (QED) is 0.654. The molecule has 2 atom stereocenters. The van der Waals surface area contributed by atoms with Gasteiger partial charge in [-0.15, -0.1) is 11.6 Å². The second-order valence-corrected chi connectivity index (χ2v) is 5.38. The molecule has 1 rings (SSSR count). The van der Waals surface area contributed by atoms with Gasteiger partial charge in [-0.2, -0.15) is 0 Å². The molecule has 2 unspecified atom stereocenters. The predicted octanol–water partition coefficient (Wildman–Crippen LogP) is 3.19. The molecule has 1 aliphatic rings. The Morgan fingerprint density at radius 1 is 1.44 bits per heavy atom. The zero-order valence-electron chi connectivity index (χ0n) is 10.5. The Morgan fingerprint density at radius 2 is 2.12 bits per heavy atom. The summed E-state index contributed by atoms with van der Waals surface area (Å²) in [4.78, 5) is 11.8. The maximum atomic E-state index is 11.8. The normalized spacial score (nSPS) is 19.2. The fraction of sp³-hybridized carbons (Fsp3) is 0.923. The standard InChI is InChI=1S/C13H24ClNO/c1-3-4-11(7-8-14)9-15-13(16)10(2)12-5-6-12/h10-12H,3-9H2,1-2H3,(H,15,16). The molecule has 0 aromatic heterocycles. The molecule has 0 aromatic rings. The summed E-state index contributed by atoms with van der Waals surface area (Å²) in [6, 6.07) is 0. The van der Waals surface area contributed by atoms with Crippen LogP contribution in [-0.2, 0) is 4.79 Å². The van der Waals surface area contributed by atoms with E-state index in [1.807, 2.05) is 6.92 Å². The van der Waals surface area contributed by atoms with Crippen LogP contribution in [0.2, 0.25) is 0 Å². The largest absolute Gasteiger partial charge is 0.356 e. The van der Waals surface area contributed by atoms with Gasteiger partial charge in [-0.25, -0.2) is 0 Å². The van der Waals surface area contributed by atoms with Crippen LogP contribution in [0.1, 0.15) is 46.0 Å². The molecule has 3 heteroatoms. The lowest BCUT2D eigenvalue weighted by Gasteiger charge is -2.17. The first-order chi connectivity index (χ1) is 7.69. The minimum atomic E-state index is 0.207. The molecule has 1 aliphatic carbocycles. The summed E-state index contributed by atoms with van der Waals surface area (Å²) in [5.74, 6) is 2.34. The van der Waals surface area contributed by atoms with E-state index in [0.29, 0.717) is 17.7 Å². The van der Waals surface area contributed by atoms with Gasteiger partial charge in [-0.05, 0) is 37.5 Å². The number of carbonyl (C=O) groups excluding carboxylic acids is 1. The Morgan fingerprint density at radius 3 is 2.62 bits per heavy atom. The monoisotopic (exact) mass is 245 g/mol. The first kappa shape index (κ1) is 13.8. The number of hydrogen-bond acceptors (Lipinski definition) is 1. The number of halogens is 1. The molecule has 0 aromatic carbocycles. The molecule has 1 N–H and O–H groups in total. The van der Waals surface area contributed by atoms with E-state index in [-0.39, 0.29) is 11.8 Å². The Labute approximate surface area is 104 Å². The number of alkyl halides is 1. The maximum Gasteiger partial charge on any atom is 0.223 e. The van der Waals surface area contributed by atoms with E-state index in [1.54, 1.807) is 0 Å². The van der Waals surface area contributed by atoms with Crippen molar-refractivity contribution in [1.29, 1.82) is 0 Å². The van der Waals surface area contributed by atoms with Crippen molar-refractivity contribution in [3.63, 3.8) is 0 Å². The molecule has 1 fully saturated rings. The van der Waals surface area contributed by atoms with Crippen molar-refractivity contribution >= 4 is 17.5 Å². The third-order valence-electron chi connectivity index (χ3n) is 3.52. The lowest BCUT2D eigenvalue weighted by molar-refractivity contribution is -0.125. The highest BCUT2D eigenvalue weighted by atomic mass is 35.5. The lowest BCUT2D eigenvalue weighted by atomic mass is 10.00. The summed E-state index contributed by atoms with van der Waals surface area (Å²) < 4.78 is 0. The lowest BCUT2D eigenvalue weighted by Crippen LogP contribution is -2.34. The van der Waals surface area contributed by atoms with Gasteiger partial charge < -0.3 is 5.32 Å². The molecule has 2 nitrogen and oxygen atoms in total. The van der Waals surface area contributed by atoms with E-state index in [1.165, 1.54) is 12.8 Å². The van der Waals surface area contributed by atoms with Gasteiger partial charge in [0.25, 0.3) is 0 Å². The van der Waals surface area contributed by atoms with E-state index in [2.05, 4.69) is 12.2 Å². The van der Waals surface area contributed by atoms with Crippen LogP contribution in [0.3, 0.4) is 0 Å². The third-order valence-corrected chi connectivity index (χ3v) is 3.74. The molecule has 0 spiro atoms. The zero-order chi connectivity index (χ0) is 12.0. The molecule has 0 radical (unpaired) electrons. The van der Waals surface area contributed by atoms with Gasteiger partial charge >= 0.3 is 0 Å². The molecule has 16 heavy (non-hydrogen) atoms. The first-order valence-corrected chi connectivity index (χ1v) is 7.06. The highest BCUT2D eigenvalue weighted by Gasteiger charge is 2.32. The summed E-state index contributed by atoms with van der Waals surface area (Å²) in [7, 11) is 0. The van der Waals surface area contributed by atoms with Crippen molar-refractivity contribution < 1.29 is 4.79 Å². The molecular formula is C13H24ClNO. The number of amides is 1. The van der Waals surface area contributed by atoms with Gasteiger partial charge in [-0.3, -0.25) is 4.79 Å². The fourth-order valence-corrected chi connectivity index (χ4v) is 2.44. The maximum absolute atomic E-state index is 11.8. The summed E-state index contributed by atoms with van der Waals surface area (Å²) in [5.41, 5.74) is 0. The topological polar surface area (TPSA) is 29.1 Å². The van der Waals surface area contributed by atoms with Crippen LogP contribution in [0.5, 0.6) is 0 Å². The number of rotatable bonds is 8. The third kappa shape index (κ3) is 4.73. The first-order valence-electron chi connectivity index (χ1n) is 6.52. The van der Waals surface area contributed by atoms with Gasteiger partial charge in [0, 0.05) is 18.3 Å². The molecular weight excluding hydrogens is 222 g/mol. The van der Waals surface area contributed by atoms with E-state index in [4.69, 9.17) is 11.6 Å². The van der Waals surface area contributed by atoms with Crippen LogP contribution >= 0.6 is 11.6 Å². The Balaban J connectivity index is 2.21. The number of nitrogens with one attached hydrogen (secondary N) is 1. The van der Waals surface area contributed by atoms with Gasteiger partial charge in [0.05, 0.1) is 0 Å². The summed E-state index contributed by atoms with van der Waals surface area (Å²) >= 11 is 5.76. The smallest absolute Gasteiger partial charge is 0.223 e. The fourth-order valence-electron chi connectivity index (χ4n) is 2.13. The molecule has 0 saturated heterocycles. The Bertz CT molecular complexity index is 210. The SMILES string of the molecule is CCCC(CCCl)CNC(=O)C(C)C1CC1. The average Bonchev–Trinajstić information content (AvgIpc) is 3.09. The van der Waals surface area contributed by atoms with E-state index in [0.717, 1.165) is 25.8 Å². The Kier molecular flexibility index (Phi) is 6.18. The van der Waals surface area contributed by atoms with Gasteiger partial charge in [-0.1, -0.05) is 20.3 Å². The van der Waals surface area contributed by atoms with Crippen LogP contribution in [0.4, 0.5) is 0 Å². The highest BCUT2D eigenvalue weighted by Crippen LogP contribution is 2.36. The van der Waals surface area contributed by atoms with Crippen LogP contribution in [0.15, 0.2) is 0 Å². The van der Waals surface area contributed by atoms with Crippen LogP contribution < -0.4 is 5.32 Å². The van der Waals surface area contributed by atoms with Crippen LogP contribution in [-0.4, -0.2) is 18.3 Å². The zero-order valence-corrected chi connectivity index (χ0v) is 11.2.